The number of hydrogen-bond acceptors (Lipinski definition) is 2. The lowest BCUT2D eigenvalue weighted by atomic mass is 9.98. The Morgan fingerprint density at radius 2 is 1.82 bits per heavy atom. The standard InChI is InChI=1S/C15H19ClF2N2.2ClH/c1-2-3-4-13(20-9-7-19-8-10-20)14-11(17)5-6-12(18)15(14)16;;/h2,5-6,13,19H,1,3-4,7-10H2;2*1H/t13-;;/m1../s1. The van der Waals surface area contributed by atoms with Crippen LogP contribution in [0.2, 0.25) is 5.02 Å². The van der Waals surface area contributed by atoms with Crippen LogP contribution in [0.25, 0.3) is 0 Å². The fraction of sp³-hybridized carbons (Fsp3) is 0.467. The van der Waals surface area contributed by atoms with Crippen molar-refractivity contribution in [1.82, 2.24) is 10.2 Å². The van der Waals surface area contributed by atoms with E-state index in [4.69, 9.17) is 11.6 Å². The molecule has 0 unspecified atom stereocenters. The molecule has 2 nitrogen and oxygen atoms in total. The first kappa shape index (κ1) is 21.6. The minimum atomic E-state index is -0.568. The lowest BCUT2D eigenvalue weighted by molar-refractivity contribution is 0.163. The van der Waals surface area contributed by atoms with E-state index < -0.39 is 11.6 Å². The van der Waals surface area contributed by atoms with E-state index in [1.807, 2.05) is 0 Å². The predicted molar refractivity (Wildman–Crippen MR) is 92.5 cm³/mol. The molecule has 1 N–H and O–H groups in total. The molecule has 0 radical (unpaired) electrons. The molecule has 1 fully saturated rings. The summed E-state index contributed by atoms with van der Waals surface area (Å²) in [5.74, 6) is -1.01. The molecule has 0 saturated carbocycles. The quantitative estimate of drug-likeness (QED) is 0.609. The summed E-state index contributed by atoms with van der Waals surface area (Å²) in [7, 11) is 0. The minimum absolute atomic E-state index is 0. The molecule has 0 bridgehead atoms. The van der Waals surface area contributed by atoms with Gasteiger partial charge in [0.15, 0.2) is 0 Å². The third-order valence-corrected chi connectivity index (χ3v) is 4.03. The summed E-state index contributed by atoms with van der Waals surface area (Å²) in [6.07, 6.45) is 3.21. The van der Waals surface area contributed by atoms with E-state index in [9.17, 15) is 8.78 Å². The van der Waals surface area contributed by atoms with Crippen molar-refractivity contribution >= 4 is 36.4 Å². The molecule has 1 aliphatic heterocycles. The lowest BCUT2D eigenvalue weighted by Crippen LogP contribution is -2.45. The maximum absolute atomic E-state index is 14.1. The van der Waals surface area contributed by atoms with Gasteiger partial charge in [-0.25, -0.2) is 8.78 Å². The number of nitrogens with zero attached hydrogens (tertiary/aromatic N) is 1. The fourth-order valence-electron chi connectivity index (χ4n) is 2.63. The highest BCUT2D eigenvalue weighted by Gasteiger charge is 2.27. The van der Waals surface area contributed by atoms with Crippen molar-refractivity contribution in [3.63, 3.8) is 0 Å². The molecule has 0 aliphatic carbocycles. The highest BCUT2D eigenvalue weighted by atomic mass is 35.5. The summed E-state index contributed by atoms with van der Waals surface area (Å²) in [4.78, 5) is 2.16. The molecule has 1 heterocycles. The van der Waals surface area contributed by atoms with Crippen LogP contribution in [0.15, 0.2) is 24.8 Å². The van der Waals surface area contributed by atoms with E-state index in [0.717, 1.165) is 44.7 Å². The second-order valence-electron chi connectivity index (χ2n) is 4.92. The third-order valence-electron chi connectivity index (χ3n) is 3.65. The number of rotatable bonds is 5. The fourth-order valence-corrected chi connectivity index (χ4v) is 2.91. The molecule has 0 amide bonds. The van der Waals surface area contributed by atoms with E-state index in [0.29, 0.717) is 6.42 Å². The van der Waals surface area contributed by atoms with Gasteiger partial charge in [0, 0.05) is 37.8 Å². The molecule has 22 heavy (non-hydrogen) atoms. The zero-order chi connectivity index (χ0) is 14.5. The van der Waals surface area contributed by atoms with Crippen molar-refractivity contribution in [1.29, 1.82) is 0 Å². The first-order valence-corrected chi connectivity index (χ1v) is 7.22. The maximum atomic E-state index is 14.1. The zero-order valence-corrected chi connectivity index (χ0v) is 14.5. The van der Waals surface area contributed by atoms with E-state index in [2.05, 4.69) is 16.8 Å². The first-order chi connectivity index (χ1) is 9.65. The Labute approximate surface area is 147 Å². The summed E-state index contributed by atoms with van der Waals surface area (Å²) in [6, 6.07) is 2.02. The monoisotopic (exact) mass is 372 g/mol. The molecule has 126 valence electrons. The molecular weight excluding hydrogens is 353 g/mol. The van der Waals surface area contributed by atoms with Gasteiger partial charge in [-0.2, -0.15) is 0 Å². The first-order valence-electron chi connectivity index (χ1n) is 6.84. The number of benzene rings is 1. The van der Waals surface area contributed by atoms with Crippen molar-refractivity contribution in [3.8, 4) is 0 Å². The molecule has 7 heteroatoms. The molecule has 0 spiro atoms. The van der Waals surface area contributed by atoms with Gasteiger partial charge < -0.3 is 5.32 Å². The highest BCUT2D eigenvalue weighted by Crippen LogP contribution is 2.35. The molecule has 1 aromatic carbocycles. The Hall–Kier alpha value is -0.390. The molecule has 1 aromatic rings. The molecule has 2 rings (SSSR count). The lowest BCUT2D eigenvalue weighted by Gasteiger charge is -2.35. The van der Waals surface area contributed by atoms with Crippen molar-refractivity contribution in [2.75, 3.05) is 26.2 Å². The van der Waals surface area contributed by atoms with Gasteiger partial charge in [-0.3, -0.25) is 4.90 Å². The Morgan fingerprint density at radius 1 is 1.23 bits per heavy atom. The van der Waals surface area contributed by atoms with Gasteiger partial charge in [-0.05, 0) is 25.0 Å². The largest absolute Gasteiger partial charge is 0.314 e. The van der Waals surface area contributed by atoms with Crippen molar-refractivity contribution in [3.05, 3.63) is 47.0 Å². The van der Waals surface area contributed by atoms with Crippen LogP contribution in [0.5, 0.6) is 0 Å². The van der Waals surface area contributed by atoms with Gasteiger partial charge in [-0.1, -0.05) is 17.7 Å². The van der Waals surface area contributed by atoms with Crippen LogP contribution in [0.3, 0.4) is 0 Å². The summed E-state index contributed by atoms with van der Waals surface area (Å²) in [6.45, 7) is 6.99. The normalized spacial score (nSPS) is 16.3. The number of piperazine rings is 1. The SMILES string of the molecule is C=CCC[C@H](c1c(F)ccc(F)c1Cl)N1CCNCC1.Cl.Cl. The second kappa shape index (κ2) is 10.4. The van der Waals surface area contributed by atoms with Crippen LogP contribution in [-0.4, -0.2) is 31.1 Å². The third kappa shape index (κ3) is 5.07. The van der Waals surface area contributed by atoms with Crippen LogP contribution < -0.4 is 5.32 Å². The summed E-state index contributed by atoms with van der Waals surface area (Å²) in [5.41, 5.74) is 0.274. The minimum Gasteiger partial charge on any atom is -0.314 e. The maximum Gasteiger partial charge on any atom is 0.142 e. The highest BCUT2D eigenvalue weighted by molar-refractivity contribution is 6.31. The van der Waals surface area contributed by atoms with E-state index in [1.165, 1.54) is 0 Å². The van der Waals surface area contributed by atoms with Gasteiger partial charge in [0.05, 0.1) is 5.02 Å². The van der Waals surface area contributed by atoms with Crippen molar-refractivity contribution < 1.29 is 8.78 Å². The van der Waals surface area contributed by atoms with Crippen LogP contribution in [0.4, 0.5) is 8.78 Å². The van der Waals surface area contributed by atoms with Crippen LogP contribution in [-0.2, 0) is 0 Å². The number of hydrogen-bond donors (Lipinski definition) is 1. The number of halogens is 5. The van der Waals surface area contributed by atoms with Gasteiger partial charge in [0.25, 0.3) is 0 Å². The molecule has 0 aromatic heterocycles. The van der Waals surface area contributed by atoms with Crippen molar-refractivity contribution in [2.45, 2.75) is 18.9 Å². The average molecular weight is 374 g/mol. The van der Waals surface area contributed by atoms with Crippen LogP contribution >= 0.6 is 36.4 Å². The van der Waals surface area contributed by atoms with Crippen LogP contribution in [0.1, 0.15) is 24.4 Å². The van der Waals surface area contributed by atoms with Gasteiger partial charge in [-0.15, -0.1) is 31.4 Å². The Bertz CT molecular complexity index is 480. The average Bonchev–Trinajstić information content (AvgIpc) is 2.47. The van der Waals surface area contributed by atoms with Crippen molar-refractivity contribution in [2.24, 2.45) is 0 Å². The molecule has 1 aliphatic rings. The number of allylic oxidation sites excluding steroid dienone is 1. The van der Waals surface area contributed by atoms with Crippen LogP contribution in [0, 0.1) is 11.6 Å². The zero-order valence-electron chi connectivity index (χ0n) is 12.2. The molecule has 1 atom stereocenters. The van der Waals surface area contributed by atoms with E-state index in [1.54, 1.807) is 6.08 Å². The summed E-state index contributed by atoms with van der Waals surface area (Å²) < 4.78 is 27.8. The topological polar surface area (TPSA) is 15.3 Å². The van der Waals surface area contributed by atoms with E-state index >= 15 is 0 Å². The number of nitrogens with one attached hydrogen (secondary N) is 1. The summed E-state index contributed by atoms with van der Waals surface area (Å²) >= 11 is 6.01. The van der Waals surface area contributed by atoms with E-state index in [-0.39, 0.29) is 41.4 Å². The van der Waals surface area contributed by atoms with Gasteiger partial charge in [0.1, 0.15) is 11.6 Å². The smallest absolute Gasteiger partial charge is 0.142 e. The van der Waals surface area contributed by atoms with Gasteiger partial charge in [0.2, 0.25) is 0 Å². The second-order valence-corrected chi connectivity index (χ2v) is 5.30. The Morgan fingerprint density at radius 3 is 2.41 bits per heavy atom. The predicted octanol–water partition coefficient (Wildman–Crippen LogP) is 4.37. The van der Waals surface area contributed by atoms with Gasteiger partial charge >= 0.3 is 0 Å². The summed E-state index contributed by atoms with van der Waals surface area (Å²) in [5, 5.41) is 3.16. The molecular formula is C15H21Cl3F2N2. The molecule has 1 saturated heterocycles. The Balaban J connectivity index is 0.00000220. The Kier molecular flexibility index (Phi) is 10.2.